The van der Waals surface area contributed by atoms with Crippen LogP contribution in [0.5, 0.6) is 11.5 Å². The van der Waals surface area contributed by atoms with Crippen LogP contribution in [0.4, 0.5) is 5.69 Å². The van der Waals surface area contributed by atoms with Gasteiger partial charge in [-0.3, -0.25) is 4.57 Å². The fourth-order valence-electron chi connectivity index (χ4n) is 6.39. The molecule has 2 aliphatic heterocycles. The maximum absolute atomic E-state index is 8.23. The Hall–Kier alpha value is -5.55. The Balaban J connectivity index is 1.18. The standard InChI is InChI=1S/C39H32N4O/c1-26-19-20-40-37(22-26)43-34-15-5-4-14-32(34)33-18-17-31(24-35(33)43)44-30-13-9-12-29(23-30)36-25-42(38-16-6-7-21-41(36)38)39-27(2)10-8-11-28(39)3/h4-25,38H,1-3H3/i2D3. The second kappa shape index (κ2) is 10.3. The number of nitrogens with zero attached hydrogens (tertiary/aromatic N) is 4. The second-order valence-corrected chi connectivity index (χ2v) is 11.3. The highest BCUT2D eigenvalue weighted by molar-refractivity contribution is 6.09. The maximum Gasteiger partial charge on any atom is 0.137 e. The Morgan fingerprint density at radius 1 is 0.750 bits per heavy atom. The molecule has 0 saturated heterocycles. The number of aromatic nitrogens is 2. The number of pyridine rings is 1. The molecule has 2 aromatic heterocycles. The van der Waals surface area contributed by atoms with E-state index in [2.05, 4.69) is 75.9 Å². The highest BCUT2D eigenvalue weighted by atomic mass is 16.5. The number of anilines is 1. The first-order valence-electron chi connectivity index (χ1n) is 16.2. The zero-order valence-electron chi connectivity index (χ0n) is 27.5. The smallest absolute Gasteiger partial charge is 0.137 e. The molecule has 5 heteroatoms. The SMILES string of the molecule is [2H]C([2H])([2H])c1cccc(C)c1N1C=C(c2cccc(Oc3ccc4c5ccccc5n(-c5cc(C)ccn5)c4c3)c2)N2C=CC=CC21. The molecule has 0 bridgehead atoms. The van der Waals surface area contributed by atoms with Gasteiger partial charge in [0, 0.05) is 50.8 Å². The highest BCUT2D eigenvalue weighted by Crippen LogP contribution is 2.40. The summed E-state index contributed by atoms with van der Waals surface area (Å²) in [5, 5.41) is 2.29. The molecule has 1 atom stereocenters. The van der Waals surface area contributed by atoms with Gasteiger partial charge in [0.25, 0.3) is 0 Å². The van der Waals surface area contributed by atoms with Crippen molar-refractivity contribution in [3.8, 4) is 17.3 Å². The number of aryl methyl sites for hydroxylation is 3. The summed E-state index contributed by atoms with van der Waals surface area (Å²) in [7, 11) is 0. The first-order chi connectivity index (χ1) is 22.8. The normalized spacial score (nSPS) is 17.0. The molecule has 6 aromatic rings. The van der Waals surface area contributed by atoms with Crippen LogP contribution < -0.4 is 9.64 Å². The summed E-state index contributed by atoms with van der Waals surface area (Å²) in [6.45, 7) is 1.79. The van der Waals surface area contributed by atoms with Crippen LogP contribution >= 0.6 is 0 Å². The summed E-state index contributed by atoms with van der Waals surface area (Å²) in [5.41, 5.74) is 7.10. The van der Waals surface area contributed by atoms with Crippen molar-refractivity contribution in [1.29, 1.82) is 0 Å². The number of benzene rings is 4. The molecular formula is C39H32N4O. The van der Waals surface area contributed by atoms with Crippen molar-refractivity contribution in [2.75, 3.05) is 4.90 Å². The Bertz CT molecular complexity index is 2280. The predicted octanol–water partition coefficient (Wildman–Crippen LogP) is 9.43. The molecule has 1 unspecified atom stereocenters. The lowest BCUT2D eigenvalue weighted by atomic mass is 10.1. The summed E-state index contributed by atoms with van der Waals surface area (Å²) in [6, 6.07) is 32.2. The van der Waals surface area contributed by atoms with E-state index in [1.807, 2.05) is 80.1 Å². The molecule has 0 amide bonds. The number of allylic oxidation sites excluding steroid dienone is 2. The summed E-state index contributed by atoms with van der Waals surface area (Å²) in [6.07, 6.45) is 11.8. The number of ether oxygens (including phenoxy) is 1. The van der Waals surface area contributed by atoms with E-state index >= 15 is 0 Å². The summed E-state index contributed by atoms with van der Waals surface area (Å²) in [4.78, 5) is 8.92. The van der Waals surface area contributed by atoms with Crippen molar-refractivity contribution in [2.45, 2.75) is 26.9 Å². The van der Waals surface area contributed by atoms with Crippen LogP contribution in [0, 0.1) is 20.7 Å². The van der Waals surface area contributed by atoms with Crippen molar-refractivity contribution < 1.29 is 8.85 Å². The third-order valence-electron chi connectivity index (χ3n) is 8.39. The lowest BCUT2D eigenvalue weighted by Crippen LogP contribution is -2.36. The van der Waals surface area contributed by atoms with Gasteiger partial charge < -0.3 is 14.5 Å². The van der Waals surface area contributed by atoms with Gasteiger partial charge in [-0.25, -0.2) is 4.98 Å². The number of hydrogen-bond acceptors (Lipinski definition) is 4. The van der Waals surface area contributed by atoms with Crippen LogP contribution in [0.1, 0.15) is 26.4 Å². The first kappa shape index (κ1) is 23.0. The molecule has 4 aromatic carbocycles. The van der Waals surface area contributed by atoms with Gasteiger partial charge in [0.05, 0.1) is 16.7 Å². The molecule has 4 heterocycles. The molecule has 0 fully saturated rings. The van der Waals surface area contributed by atoms with Crippen LogP contribution in [0.2, 0.25) is 0 Å². The maximum atomic E-state index is 8.23. The predicted molar refractivity (Wildman–Crippen MR) is 180 cm³/mol. The van der Waals surface area contributed by atoms with E-state index < -0.39 is 6.85 Å². The Labute approximate surface area is 261 Å². The lowest BCUT2D eigenvalue weighted by molar-refractivity contribution is 0.469. The van der Waals surface area contributed by atoms with Crippen molar-refractivity contribution in [1.82, 2.24) is 14.5 Å². The van der Waals surface area contributed by atoms with Gasteiger partial charge in [-0.2, -0.15) is 0 Å². The molecule has 0 spiro atoms. The minimum Gasteiger partial charge on any atom is -0.457 e. The van der Waals surface area contributed by atoms with Crippen molar-refractivity contribution >= 4 is 33.2 Å². The van der Waals surface area contributed by atoms with Gasteiger partial charge in [-0.05, 0) is 92.0 Å². The monoisotopic (exact) mass is 575 g/mol. The third-order valence-corrected chi connectivity index (χ3v) is 8.39. The Morgan fingerprint density at radius 3 is 2.50 bits per heavy atom. The van der Waals surface area contributed by atoms with Gasteiger partial charge in [-0.1, -0.05) is 54.6 Å². The molecule has 0 radical (unpaired) electrons. The van der Waals surface area contributed by atoms with E-state index in [1.54, 1.807) is 6.07 Å². The largest absolute Gasteiger partial charge is 0.457 e. The van der Waals surface area contributed by atoms with Crippen LogP contribution in [0.15, 0.2) is 134 Å². The van der Waals surface area contributed by atoms with Gasteiger partial charge in [-0.15, -0.1) is 0 Å². The molecule has 0 aliphatic carbocycles. The van der Waals surface area contributed by atoms with E-state index in [9.17, 15) is 0 Å². The number of para-hydroxylation sites is 2. The average molecular weight is 576 g/mol. The molecule has 44 heavy (non-hydrogen) atoms. The van der Waals surface area contributed by atoms with Gasteiger partial charge >= 0.3 is 0 Å². The molecule has 0 saturated carbocycles. The van der Waals surface area contributed by atoms with Crippen LogP contribution in [0.25, 0.3) is 33.3 Å². The van der Waals surface area contributed by atoms with Crippen LogP contribution in [-0.2, 0) is 0 Å². The summed E-state index contributed by atoms with van der Waals surface area (Å²) < 4.78 is 33.4. The molecule has 2 aliphatic rings. The Kier molecular flexibility index (Phi) is 5.39. The summed E-state index contributed by atoms with van der Waals surface area (Å²) >= 11 is 0. The average Bonchev–Trinajstić information content (AvgIpc) is 3.60. The van der Waals surface area contributed by atoms with E-state index in [1.165, 1.54) is 0 Å². The number of fused-ring (bicyclic) bond motifs is 4. The van der Waals surface area contributed by atoms with Crippen LogP contribution in [-0.4, -0.2) is 20.6 Å². The van der Waals surface area contributed by atoms with Gasteiger partial charge in [0.1, 0.15) is 23.5 Å². The van der Waals surface area contributed by atoms with Crippen molar-refractivity contribution in [2.24, 2.45) is 0 Å². The van der Waals surface area contributed by atoms with Gasteiger partial charge in [0.2, 0.25) is 0 Å². The number of rotatable bonds is 5. The first-order valence-corrected chi connectivity index (χ1v) is 14.7. The Morgan fingerprint density at radius 2 is 1.59 bits per heavy atom. The zero-order chi connectivity index (χ0) is 32.3. The molecular weight excluding hydrogens is 540 g/mol. The number of hydrogen-bond donors (Lipinski definition) is 0. The summed E-state index contributed by atoms with van der Waals surface area (Å²) in [5.74, 6) is 2.28. The quantitative estimate of drug-likeness (QED) is 0.205. The molecule has 0 N–H and O–H groups in total. The molecule has 214 valence electrons. The van der Waals surface area contributed by atoms with Crippen molar-refractivity contribution in [3.05, 3.63) is 156 Å². The van der Waals surface area contributed by atoms with E-state index in [0.29, 0.717) is 22.7 Å². The van der Waals surface area contributed by atoms with Gasteiger partial charge in [0.15, 0.2) is 0 Å². The lowest BCUT2D eigenvalue weighted by Gasteiger charge is -2.33. The van der Waals surface area contributed by atoms with E-state index in [4.69, 9.17) is 13.8 Å². The third kappa shape index (κ3) is 4.28. The van der Waals surface area contributed by atoms with Crippen LogP contribution in [0.3, 0.4) is 0 Å². The fraction of sp³-hybridized carbons (Fsp3) is 0.103. The molecule has 5 nitrogen and oxygen atoms in total. The van der Waals surface area contributed by atoms with E-state index in [0.717, 1.165) is 50.0 Å². The topological polar surface area (TPSA) is 33.5 Å². The van der Waals surface area contributed by atoms with E-state index in [-0.39, 0.29) is 6.17 Å². The minimum atomic E-state index is -2.24. The molecule has 8 rings (SSSR count). The minimum absolute atomic E-state index is 0.193. The van der Waals surface area contributed by atoms with Crippen molar-refractivity contribution in [3.63, 3.8) is 0 Å². The highest BCUT2D eigenvalue weighted by Gasteiger charge is 2.33. The zero-order valence-corrected chi connectivity index (χ0v) is 24.5. The second-order valence-electron chi connectivity index (χ2n) is 11.3. The fourth-order valence-corrected chi connectivity index (χ4v) is 6.39.